The normalized spacial score (nSPS) is 17.1. The van der Waals surface area contributed by atoms with Crippen LogP contribution in [-0.2, 0) is 13.0 Å². The number of ether oxygens (including phenoxy) is 1. The molecule has 0 amide bonds. The number of nitrogens with one attached hydrogen (secondary N) is 1. The van der Waals surface area contributed by atoms with Crippen molar-refractivity contribution in [2.45, 2.75) is 26.0 Å². The third-order valence-corrected chi connectivity index (χ3v) is 3.54. The quantitative estimate of drug-likeness (QED) is 0.905. The first kappa shape index (κ1) is 12.2. The zero-order chi connectivity index (χ0) is 13.2. The average molecular weight is 253 g/mol. The summed E-state index contributed by atoms with van der Waals surface area (Å²) in [6.45, 7) is 3.02. The van der Waals surface area contributed by atoms with E-state index in [1.807, 2.05) is 7.05 Å². The van der Waals surface area contributed by atoms with Crippen molar-refractivity contribution in [2.24, 2.45) is 0 Å². The predicted molar refractivity (Wildman–Crippen MR) is 78.4 cm³/mol. The average Bonchev–Trinajstić information content (AvgIpc) is 2.78. The van der Waals surface area contributed by atoms with E-state index in [0.717, 1.165) is 18.7 Å². The molecule has 19 heavy (non-hydrogen) atoms. The Morgan fingerprint density at radius 1 is 1.16 bits per heavy atom. The molecule has 2 nitrogen and oxygen atoms in total. The summed E-state index contributed by atoms with van der Waals surface area (Å²) in [5.41, 5.74) is 5.18. The van der Waals surface area contributed by atoms with Gasteiger partial charge in [-0.1, -0.05) is 24.3 Å². The largest absolute Gasteiger partial charge is 0.490 e. The highest BCUT2D eigenvalue weighted by atomic mass is 16.5. The molecule has 1 heterocycles. The first-order chi connectivity index (χ1) is 9.26. The van der Waals surface area contributed by atoms with Crippen LogP contribution in [0.15, 0.2) is 42.5 Å². The highest BCUT2D eigenvalue weighted by molar-refractivity contribution is 5.66. The molecule has 0 radical (unpaired) electrons. The van der Waals surface area contributed by atoms with Crippen molar-refractivity contribution in [1.29, 1.82) is 0 Å². The van der Waals surface area contributed by atoms with E-state index in [0.29, 0.717) is 6.10 Å². The first-order valence-corrected chi connectivity index (χ1v) is 6.80. The van der Waals surface area contributed by atoms with Crippen molar-refractivity contribution in [3.8, 4) is 16.9 Å². The van der Waals surface area contributed by atoms with Crippen LogP contribution in [0.25, 0.3) is 11.1 Å². The van der Waals surface area contributed by atoms with E-state index in [9.17, 15) is 0 Å². The van der Waals surface area contributed by atoms with E-state index >= 15 is 0 Å². The van der Waals surface area contributed by atoms with Crippen LogP contribution in [0.3, 0.4) is 0 Å². The van der Waals surface area contributed by atoms with Crippen LogP contribution in [0.4, 0.5) is 0 Å². The molecule has 98 valence electrons. The second-order valence-electron chi connectivity index (χ2n) is 5.19. The highest BCUT2D eigenvalue weighted by Crippen LogP contribution is 2.33. The molecular formula is C17H19NO. The van der Waals surface area contributed by atoms with Gasteiger partial charge in [-0.3, -0.25) is 0 Å². The monoisotopic (exact) mass is 253 g/mol. The van der Waals surface area contributed by atoms with E-state index in [1.165, 1.54) is 22.3 Å². The Hall–Kier alpha value is -1.80. The van der Waals surface area contributed by atoms with Gasteiger partial charge in [0.25, 0.3) is 0 Å². The van der Waals surface area contributed by atoms with Gasteiger partial charge in [0, 0.05) is 13.0 Å². The standard InChI is InChI=1S/C17H19NO/c1-12-8-16-10-15(6-7-17(16)19-12)14-5-3-4-13(9-14)11-18-2/h3-7,9-10,12,18H,8,11H2,1-2H3. The molecule has 0 aromatic heterocycles. The molecule has 0 saturated heterocycles. The molecule has 1 N–H and O–H groups in total. The molecule has 0 bridgehead atoms. The van der Waals surface area contributed by atoms with E-state index in [-0.39, 0.29) is 0 Å². The summed E-state index contributed by atoms with van der Waals surface area (Å²) in [5, 5.41) is 3.19. The molecule has 0 aliphatic carbocycles. The maximum absolute atomic E-state index is 5.75. The van der Waals surface area contributed by atoms with Crippen LogP contribution < -0.4 is 10.1 Å². The lowest BCUT2D eigenvalue weighted by molar-refractivity contribution is 0.254. The lowest BCUT2D eigenvalue weighted by Gasteiger charge is -2.07. The Morgan fingerprint density at radius 2 is 2.00 bits per heavy atom. The van der Waals surface area contributed by atoms with Gasteiger partial charge < -0.3 is 10.1 Å². The topological polar surface area (TPSA) is 21.3 Å². The van der Waals surface area contributed by atoms with Gasteiger partial charge in [-0.05, 0) is 54.4 Å². The fourth-order valence-corrected chi connectivity index (χ4v) is 2.67. The summed E-state index contributed by atoms with van der Waals surface area (Å²) in [6, 6.07) is 15.2. The van der Waals surface area contributed by atoms with Crippen LogP contribution in [0.5, 0.6) is 5.75 Å². The van der Waals surface area contributed by atoms with Crippen LogP contribution in [0, 0.1) is 0 Å². The van der Waals surface area contributed by atoms with E-state index in [4.69, 9.17) is 4.74 Å². The van der Waals surface area contributed by atoms with Gasteiger partial charge in [0.05, 0.1) is 0 Å². The second kappa shape index (κ2) is 5.06. The van der Waals surface area contributed by atoms with E-state index in [2.05, 4.69) is 54.7 Å². The number of hydrogen-bond donors (Lipinski definition) is 1. The fraction of sp³-hybridized carbons (Fsp3) is 0.294. The number of benzene rings is 2. The number of fused-ring (bicyclic) bond motifs is 1. The summed E-state index contributed by atoms with van der Waals surface area (Å²) in [7, 11) is 1.97. The van der Waals surface area contributed by atoms with E-state index in [1.54, 1.807) is 0 Å². The summed E-state index contributed by atoms with van der Waals surface area (Å²) in [5.74, 6) is 1.04. The highest BCUT2D eigenvalue weighted by Gasteiger charge is 2.19. The molecule has 0 saturated carbocycles. The molecule has 1 aliphatic rings. The van der Waals surface area contributed by atoms with Gasteiger partial charge >= 0.3 is 0 Å². The third-order valence-electron chi connectivity index (χ3n) is 3.54. The minimum atomic E-state index is 0.306. The molecule has 2 heteroatoms. The molecule has 1 unspecified atom stereocenters. The van der Waals surface area contributed by atoms with E-state index < -0.39 is 0 Å². The summed E-state index contributed by atoms with van der Waals surface area (Å²) < 4.78 is 5.75. The van der Waals surface area contributed by atoms with Gasteiger partial charge in [0.1, 0.15) is 11.9 Å². The van der Waals surface area contributed by atoms with Gasteiger partial charge in [-0.25, -0.2) is 0 Å². The van der Waals surface area contributed by atoms with Gasteiger partial charge in [-0.15, -0.1) is 0 Å². The molecule has 0 spiro atoms. The lowest BCUT2D eigenvalue weighted by atomic mass is 9.99. The molecular weight excluding hydrogens is 234 g/mol. The smallest absolute Gasteiger partial charge is 0.123 e. The number of hydrogen-bond acceptors (Lipinski definition) is 2. The Labute approximate surface area is 114 Å². The minimum absolute atomic E-state index is 0.306. The Kier molecular flexibility index (Phi) is 3.26. The summed E-state index contributed by atoms with van der Waals surface area (Å²) in [6.07, 6.45) is 1.32. The van der Waals surface area contributed by atoms with Crippen molar-refractivity contribution in [3.63, 3.8) is 0 Å². The van der Waals surface area contributed by atoms with Gasteiger partial charge in [-0.2, -0.15) is 0 Å². The van der Waals surface area contributed by atoms with Crippen molar-refractivity contribution < 1.29 is 4.74 Å². The summed E-state index contributed by atoms with van der Waals surface area (Å²) in [4.78, 5) is 0. The SMILES string of the molecule is CNCc1cccc(-c2ccc3c(c2)CC(C)O3)c1. The predicted octanol–water partition coefficient (Wildman–Crippen LogP) is 3.40. The molecule has 1 atom stereocenters. The van der Waals surface area contributed by atoms with Gasteiger partial charge in [0.2, 0.25) is 0 Å². The minimum Gasteiger partial charge on any atom is -0.490 e. The van der Waals surface area contributed by atoms with Crippen LogP contribution in [0.1, 0.15) is 18.1 Å². The maximum Gasteiger partial charge on any atom is 0.123 e. The van der Waals surface area contributed by atoms with Crippen LogP contribution >= 0.6 is 0 Å². The number of rotatable bonds is 3. The van der Waals surface area contributed by atoms with Crippen molar-refractivity contribution >= 4 is 0 Å². The zero-order valence-corrected chi connectivity index (χ0v) is 11.4. The first-order valence-electron chi connectivity index (χ1n) is 6.80. The molecule has 1 aliphatic heterocycles. The Balaban J connectivity index is 1.94. The van der Waals surface area contributed by atoms with Crippen LogP contribution in [0.2, 0.25) is 0 Å². The Morgan fingerprint density at radius 3 is 2.84 bits per heavy atom. The Bertz CT molecular complexity index is 592. The molecule has 0 fully saturated rings. The molecule has 2 aromatic rings. The summed E-state index contributed by atoms with van der Waals surface area (Å²) >= 11 is 0. The lowest BCUT2D eigenvalue weighted by Crippen LogP contribution is -2.05. The van der Waals surface area contributed by atoms with Gasteiger partial charge in [0.15, 0.2) is 0 Å². The molecule has 3 rings (SSSR count). The van der Waals surface area contributed by atoms with Crippen molar-refractivity contribution in [3.05, 3.63) is 53.6 Å². The van der Waals surface area contributed by atoms with Crippen molar-refractivity contribution in [1.82, 2.24) is 5.32 Å². The fourth-order valence-electron chi connectivity index (χ4n) is 2.67. The second-order valence-corrected chi connectivity index (χ2v) is 5.19. The van der Waals surface area contributed by atoms with Crippen LogP contribution in [-0.4, -0.2) is 13.2 Å². The maximum atomic E-state index is 5.75. The van der Waals surface area contributed by atoms with Crippen molar-refractivity contribution in [2.75, 3.05) is 7.05 Å². The molecule has 2 aromatic carbocycles. The zero-order valence-electron chi connectivity index (χ0n) is 11.4. The third kappa shape index (κ3) is 2.49.